The topological polar surface area (TPSA) is 3.24 Å². The monoisotopic (exact) mass is 291 g/mol. The standard InChI is InChI=1S/C21H25N/c1-17(2)12-14-22-15-13-21(18-8-4-3-5-9-18)20-11-7-6-10-19(20)16-22/h3-12,21H,13-16H2,1-2H3. The molecule has 1 aliphatic heterocycles. The molecule has 114 valence electrons. The van der Waals surface area contributed by atoms with Crippen LogP contribution in [0.1, 0.15) is 42.9 Å². The third-order valence-corrected chi connectivity index (χ3v) is 4.52. The molecule has 0 N–H and O–H groups in total. The Morgan fingerprint density at radius 3 is 2.55 bits per heavy atom. The van der Waals surface area contributed by atoms with Crippen molar-refractivity contribution in [1.82, 2.24) is 4.90 Å². The van der Waals surface area contributed by atoms with Crippen molar-refractivity contribution in [3.05, 3.63) is 82.9 Å². The van der Waals surface area contributed by atoms with E-state index in [0.717, 1.165) is 19.6 Å². The summed E-state index contributed by atoms with van der Waals surface area (Å²) in [6.45, 7) is 7.62. The average molecular weight is 291 g/mol. The highest BCUT2D eigenvalue weighted by Gasteiger charge is 2.22. The van der Waals surface area contributed by atoms with E-state index in [1.54, 1.807) is 0 Å². The van der Waals surface area contributed by atoms with Crippen LogP contribution in [0.15, 0.2) is 66.2 Å². The Labute approximate surface area is 134 Å². The summed E-state index contributed by atoms with van der Waals surface area (Å²) in [4.78, 5) is 2.56. The lowest BCUT2D eigenvalue weighted by Gasteiger charge is -2.19. The lowest BCUT2D eigenvalue weighted by atomic mass is 9.87. The first-order chi connectivity index (χ1) is 10.7. The van der Waals surface area contributed by atoms with E-state index in [-0.39, 0.29) is 0 Å². The first-order valence-electron chi connectivity index (χ1n) is 8.22. The van der Waals surface area contributed by atoms with Crippen molar-refractivity contribution in [2.75, 3.05) is 13.1 Å². The maximum atomic E-state index is 2.56. The Bertz CT molecular complexity index is 638. The Kier molecular flexibility index (Phi) is 4.74. The van der Waals surface area contributed by atoms with Crippen LogP contribution in [0.25, 0.3) is 0 Å². The minimum absolute atomic E-state index is 0.522. The van der Waals surface area contributed by atoms with Gasteiger partial charge in [-0.25, -0.2) is 0 Å². The van der Waals surface area contributed by atoms with Crippen molar-refractivity contribution < 1.29 is 0 Å². The predicted octanol–water partition coefficient (Wildman–Crippen LogP) is 4.99. The van der Waals surface area contributed by atoms with Crippen LogP contribution < -0.4 is 0 Å². The molecule has 0 saturated heterocycles. The molecule has 22 heavy (non-hydrogen) atoms. The van der Waals surface area contributed by atoms with Gasteiger partial charge in [0.1, 0.15) is 0 Å². The Morgan fingerprint density at radius 1 is 1.05 bits per heavy atom. The summed E-state index contributed by atoms with van der Waals surface area (Å²) < 4.78 is 0. The molecular weight excluding hydrogens is 266 g/mol. The van der Waals surface area contributed by atoms with E-state index in [4.69, 9.17) is 0 Å². The molecule has 1 atom stereocenters. The second-order valence-electron chi connectivity index (χ2n) is 6.47. The van der Waals surface area contributed by atoms with E-state index in [2.05, 4.69) is 79.4 Å². The summed E-state index contributed by atoms with van der Waals surface area (Å²) in [6.07, 6.45) is 3.53. The number of hydrogen-bond acceptors (Lipinski definition) is 1. The van der Waals surface area contributed by atoms with Crippen molar-refractivity contribution in [1.29, 1.82) is 0 Å². The molecule has 2 aromatic rings. The molecule has 1 nitrogen and oxygen atoms in total. The first-order valence-corrected chi connectivity index (χ1v) is 8.22. The van der Waals surface area contributed by atoms with E-state index in [0.29, 0.717) is 5.92 Å². The van der Waals surface area contributed by atoms with Crippen LogP contribution in [-0.4, -0.2) is 18.0 Å². The summed E-state index contributed by atoms with van der Waals surface area (Å²) >= 11 is 0. The zero-order valence-corrected chi connectivity index (χ0v) is 13.6. The number of allylic oxidation sites excluding steroid dienone is 1. The molecule has 1 unspecified atom stereocenters. The van der Waals surface area contributed by atoms with Crippen molar-refractivity contribution >= 4 is 0 Å². The third-order valence-electron chi connectivity index (χ3n) is 4.52. The van der Waals surface area contributed by atoms with E-state index < -0.39 is 0 Å². The van der Waals surface area contributed by atoms with E-state index in [1.807, 2.05) is 0 Å². The predicted molar refractivity (Wildman–Crippen MR) is 94.1 cm³/mol. The summed E-state index contributed by atoms with van der Waals surface area (Å²) in [7, 11) is 0. The number of rotatable bonds is 3. The summed E-state index contributed by atoms with van der Waals surface area (Å²) in [5.74, 6) is 0.522. The highest BCUT2D eigenvalue weighted by molar-refractivity contribution is 5.38. The fourth-order valence-electron chi connectivity index (χ4n) is 3.30. The van der Waals surface area contributed by atoms with E-state index in [1.165, 1.54) is 28.7 Å². The number of benzene rings is 2. The summed E-state index contributed by atoms with van der Waals surface area (Å²) in [5, 5.41) is 0. The fourth-order valence-corrected chi connectivity index (χ4v) is 3.30. The van der Waals surface area contributed by atoms with Crippen LogP contribution >= 0.6 is 0 Å². The Hall–Kier alpha value is -1.86. The highest BCUT2D eigenvalue weighted by atomic mass is 15.1. The molecule has 0 saturated carbocycles. The Morgan fingerprint density at radius 2 is 1.77 bits per heavy atom. The molecule has 2 aromatic carbocycles. The smallest absolute Gasteiger partial charge is 0.0240 e. The van der Waals surface area contributed by atoms with Crippen LogP contribution in [0.4, 0.5) is 0 Å². The van der Waals surface area contributed by atoms with Crippen molar-refractivity contribution in [3.8, 4) is 0 Å². The maximum Gasteiger partial charge on any atom is 0.0240 e. The van der Waals surface area contributed by atoms with Gasteiger partial charge in [0.2, 0.25) is 0 Å². The van der Waals surface area contributed by atoms with E-state index >= 15 is 0 Å². The van der Waals surface area contributed by atoms with Crippen LogP contribution in [0, 0.1) is 0 Å². The molecule has 0 aromatic heterocycles. The van der Waals surface area contributed by atoms with Crippen LogP contribution in [0.2, 0.25) is 0 Å². The van der Waals surface area contributed by atoms with Crippen molar-refractivity contribution in [3.63, 3.8) is 0 Å². The molecule has 1 aliphatic rings. The van der Waals surface area contributed by atoms with Crippen LogP contribution in [-0.2, 0) is 6.54 Å². The van der Waals surface area contributed by atoms with Gasteiger partial charge < -0.3 is 0 Å². The van der Waals surface area contributed by atoms with Gasteiger partial charge in [0.15, 0.2) is 0 Å². The van der Waals surface area contributed by atoms with Gasteiger partial charge in [-0.05, 0) is 43.5 Å². The minimum Gasteiger partial charge on any atom is -0.295 e. The largest absolute Gasteiger partial charge is 0.295 e. The van der Waals surface area contributed by atoms with Gasteiger partial charge in [0.25, 0.3) is 0 Å². The summed E-state index contributed by atoms with van der Waals surface area (Å²) in [5.41, 5.74) is 5.83. The minimum atomic E-state index is 0.522. The van der Waals surface area contributed by atoms with Gasteiger partial charge in [-0.1, -0.05) is 66.2 Å². The molecular formula is C21H25N. The molecule has 0 amide bonds. The van der Waals surface area contributed by atoms with Crippen LogP contribution in [0.5, 0.6) is 0 Å². The SMILES string of the molecule is CC(C)=CCN1CCC(c2ccccc2)c2ccccc2C1. The molecule has 1 heteroatoms. The first kappa shape index (κ1) is 15.1. The van der Waals surface area contributed by atoms with Gasteiger partial charge in [-0.15, -0.1) is 0 Å². The zero-order chi connectivity index (χ0) is 15.4. The summed E-state index contributed by atoms with van der Waals surface area (Å²) in [6, 6.07) is 19.9. The lowest BCUT2D eigenvalue weighted by molar-refractivity contribution is 0.295. The molecule has 0 fully saturated rings. The molecule has 0 aliphatic carbocycles. The average Bonchev–Trinajstić information content (AvgIpc) is 2.73. The van der Waals surface area contributed by atoms with Gasteiger partial charge in [-0.3, -0.25) is 4.90 Å². The van der Waals surface area contributed by atoms with Gasteiger partial charge in [0.05, 0.1) is 0 Å². The second kappa shape index (κ2) is 6.93. The molecule has 0 spiro atoms. The van der Waals surface area contributed by atoms with Crippen molar-refractivity contribution in [2.45, 2.75) is 32.7 Å². The quantitative estimate of drug-likeness (QED) is 0.720. The molecule has 0 bridgehead atoms. The molecule has 0 radical (unpaired) electrons. The molecule has 1 heterocycles. The van der Waals surface area contributed by atoms with Gasteiger partial charge in [0, 0.05) is 19.0 Å². The number of fused-ring (bicyclic) bond motifs is 1. The lowest BCUT2D eigenvalue weighted by Crippen LogP contribution is -2.23. The second-order valence-corrected chi connectivity index (χ2v) is 6.47. The van der Waals surface area contributed by atoms with Gasteiger partial charge >= 0.3 is 0 Å². The highest BCUT2D eigenvalue weighted by Crippen LogP contribution is 2.33. The normalized spacial score (nSPS) is 18.4. The third kappa shape index (κ3) is 3.48. The van der Waals surface area contributed by atoms with Crippen LogP contribution in [0.3, 0.4) is 0 Å². The van der Waals surface area contributed by atoms with Crippen molar-refractivity contribution in [2.24, 2.45) is 0 Å². The number of hydrogen-bond donors (Lipinski definition) is 0. The fraction of sp³-hybridized carbons (Fsp3) is 0.333. The Balaban J connectivity index is 1.91. The molecule has 3 rings (SSSR count). The zero-order valence-electron chi connectivity index (χ0n) is 13.6. The van der Waals surface area contributed by atoms with Gasteiger partial charge in [-0.2, -0.15) is 0 Å². The number of nitrogens with zero attached hydrogens (tertiary/aromatic N) is 1. The van der Waals surface area contributed by atoms with E-state index in [9.17, 15) is 0 Å². The maximum absolute atomic E-state index is 2.56.